The minimum atomic E-state index is -1.05. The van der Waals surface area contributed by atoms with Crippen molar-refractivity contribution in [3.63, 3.8) is 0 Å². The normalized spacial score (nSPS) is 18.4. The Hall–Kier alpha value is -4.41. The summed E-state index contributed by atoms with van der Waals surface area (Å²) >= 11 is 0. The third kappa shape index (κ3) is 10.6. The molecule has 0 saturated carbocycles. The van der Waals surface area contributed by atoms with Gasteiger partial charge in [-0.15, -0.1) is 0 Å². The number of methoxy groups -OCH3 is 2. The molecular weight excluding hydrogens is 598 g/mol. The van der Waals surface area contributed by atoms with Gasteiger partial charge >= 0.3 is 6.09 Å². The molecule has 1 fully saturated rings. The Bertz CT molecular complexity index is 1400. The van der Waals surface area contributed by atoms with Crippen LogP contribution in [0.25, 0.3) is 0 Å². The maximum atomic E-state index is 14.3. The molecule has 1 heterocycles. The van der Waals surface area contributed by atoms with Crippen LogP contribution in [0.4, 0.5) is 4.79 Å². The van der Waals surface area contributed by atoms with Crippen molar-refractivity contribution in [2.75, 3.05) is 20.8 Å². The predicted octanol–water partition coefficient (Wildman–Crippen LogP) is 4.94. The number of nitrogens with one attached hydrogen (secondary N) is 3. The van der Waals surface area contributed by atoms with Crippen molar-refractivity contribution in [3.05, 3.63) is 65.7 Å². The molecule has 2 aromatic rings. The van der Waals surface area contributed by atoms with Crippen LogP contribution < -0.4 is 20.7 Å². The molecule has 3 atom stereocenters. The van der Waals surface area contributed by atoms with Crippen LogP contribution in [0.2, 0.25) is 0 Å². The topological polar surface area (TPSA) is 138 Å². The molecular formula is C36H51N5O6. The Morgan fingerprint density at radius 1 is 0.979 bits per heavy atom. The first-order valence-corrected chi connectivity index (χ1v) is 16.2. The van der Waals surface area contributed by atoms with Crippen molar-refractivity contribution >= 4 is 29.8 Å². The lowest BCUT2D eigenvalue weighted by Crippen LogP contribution is -2.50. The second-order valence-electron chi connectivity index (χ2n) is 13.8. The van der Waals surface area contributed by atoms with E-state index in [2.05, 4.69) is 34.8 Å². The van der Waals surface area contributed by atoms with Gasteiger partial charge in [0.25, 0.3) is 5.91 Å². The zero-order valence-corrected chi connectivity index (χ0v) is 29.0. The van der Waals surface area contributed by atoms with Crippen LogP contribution in [0.1, 0.15) is 78.4 Å². The molecule has 4 amide bonds. The van der Waals surface area contributed by atoms with E-state index in [0.29, 0.717) is 31.6 Å². The summed E-state index contributed by atoms with van der Waals surface area (Å²) in [5.74, 6) is 0.317. The summed E-state index contributed by atoms with van der Waals surface area (Å²) in [6.45, 7) is 12.2. The molecule has 1 aliphatic rings. The van der Waals surface area contributed by atoms with Gasteiger partial charge in [0.2, 0.25) is 17.8 Å². The molecule has 0 aliphatic carbocycles. The number of alkyl carbamates (subject to hydrolysis) is 1. The van der Waals surface area contributed by atoms with Gasteiger partial charge < -0.3 is 25.4 Å². The maximum absolute atomic E-state index is 14.3. The number of hydrogen-bond donors (Lipinski definition) is 3. The Balaban J connectivity index is 1.75. The fraction of sp³-hybridized carbons (Fsp3) is 0.528. The second-order valence-corrected chi connectivity index (χ2v) is 13.8. The summed E-state index contributed by atoms with van der Waals surface area (Å²) in [5, 5.41) is 9.00. The quantitative estimate of drug-likeness (QED) is 0.264. The van der Waals surface area contributed by atoms with Crippen molar-refractivity contribution < 1.29 is 28.7 Å². The standard InChI is InChI=1S/C36H51N5O6/c1-24(2)22-36(27-14-10-9-11-15-27)32(44)41(33(40-36)39-30(42)23-35(4,5)6)20-12-13-25(3)37-31(43)29(38-34(45)47-8)21-26-16-18-28(46-7)19-17-26/h9-11,14-19,24-25,29H,12-13,20-23H2,1-8H3,(H,37,43)(H,38,45)(H,39,40,42)/t25-,29-,36+/m0/s1. The first-order valence-electron chi connectivity index (χ1n) is 16.2. The number of carbonyl (C=O) groups is 4. The molecule has 11 heteroatoms. The van der Waals surface area contributed by atoms with E-state index in [4.69, 9.17) is 9.47 Å². The van der Waals surface area contributed by atoms with Crippen LogP contribution in [0, 0.1) is 11.3 Å². The van der Waals surface area contributed by atoms with Crippen molar-refractivity contribution in [2.45, 2.75) is 91.3 Å². The number of ether oxygens (including phenoxy) is 2. The van der Waals surface area contributed by atoms with Crippen LogP contribution in [0.3, 0.4) is 0 Å². The first-order chi connectivity index (χ1) is 22.2. The van der Waals surface area contributed by atoms with Crippen molar-refractivity contribution in [1.29, 1.82) is 0 Å². The SMILES string of the molecule is COC(=O)N[C@@H](Cc1ccc(OC)cc1)C(=O)N[C@@H](C)CCCN1C(=O)[C@@](CC(C)C)(c2ccccc2)N/C1=N\C(=O)CC(C)(C)C. The van der Waals surface area contributed by atoms with Crippen LogP contribution in [-0.2, 0) is 31.1 Å². The average molecular weight is 650 g/mol. The van der Waals surface area contributed by atoms with Gasteiger partial charge in [0, 0.05) is 25.4 Å². The van der Waals surface area contributed by atoms with Crippen LogP contribution in [0.15, 0.2) is 59.6 Å². The molecule has 3 rings (SSSR count). The van der Waals surface area contributed by atoms with E-state index in [0.717, 1.165) is 11.1 Å². The molecule has 1 saturated heterocycles. The van der Waals surface area contributed by atoms with Crippen molar-refractivity contribution in [3.8, 4) is 5.75 Å². The second kappa shape index (κ2) is 16.4. The van der Waals surface area contributed by atoms with Crippen molar-refractivity contribution in [1.82, 2.24) is 20.9 Å². The molecule has 47 heavy (non-hydrogen) atoms. The average Bonchev–Trinajstić information content (AvgIpc) is 3.26. The fourth-order valence-corrected chi connectivity index (χ4v) is 5.71. The van der Waals surface area contributed by atoms with Gasteiger partial charge in [-0.3, -0.25) is 19.3 Å². The highest BCUT2D eigenvalue weighted by molar-refractivity contribution is 6.12. The van der Waals surface area contributed by atoms with Crippen molar-refractivity contribution in [2.24, 2.45) is 16.3 Å². The number of aliphatic imine (C=N–C) groups is 1. The molecule has 256 valence electrons. The number of rotatable bonds is 14. The summed E-state index contributed by atoms with van der Waals surface area (Å²) in [5.41, 5.74) is 0.347. The smallest absolute Gasteiger partial charge is 0.407 e. The number of hydrogen-bond acceptors (Lipinski definition) is 6. The van der Waals surface area contributed by atoms with E-state index in [9.17, 15) is 19.2 Å². The van der Waals surface area contributed by atoms with E-state index in [-0.39, 0.29) is 53.9 Å². The zero-order valence-electron chi connectivity index (χ0n) is 29.0. The fourth-order valence-electron chi connectivity index (χ4n) is 5.71. The highest BCUT2D eigenvalue weighted by Gasteiger charge is 2.51. The zero-order chi connectivity index (χ0) is 34.8. The lowest BCUT2D eigenvalue weighted by molar-refractivity contribution is -0.132. The van der Waals surface area contributed by atoms with E-state index >= 15 is 0 Å². The third-order valence-corrected chi connectivity index (χ3v) is 7.88. The summed E-state index contributed by atoms with van der Waals surface area (Å²) in [6.07, 6.45) is 1.38. The Kier molecular flexibility index (Phi) is 12.9. The van der Waals surface area contributed by atoms with E-state index in [1.54, 1.807) is 24.1 Å². The Morgan fingerprint density at radius 2 is 1.64 bits per heavy atom. The molecule has 0 aromatic heterocycles. The maximum Gasteiger partial charge on any atom is 0.407 e. The van der Waals surface area contributed by atoms with Gasteiger partial charge in [-0.25, -0.2) is 4.79 Å². The molecule has 0 radical (unpaired) electrons. The number of carbonyl (C=O) groups excluding carboxylic acids is 4. The number of amides is 4. The van der Waals surface area contributed by atoms with Gasteiger partial charge in [-0.1, -0.05) is 77.1 Å². The van der Waals surface area contributed by atoms with E-state index < -0.39 is 17.7 Å². The minimum Gasteiger partial charge on any atom is -0.497 e. The Labute approximate surface area is 278 Å². The highest BCUT2D eigenvalue weighted by Crippen LogP contribution is 2.35. The number of guanidine groups is 1. The summed E-state index contributed by atoms with van der Waals surface area (Å²) in [7, 11) is 2.82. The van der Waals surface area contributed by atoms with Gasteiger partial charge in [-0.2, -0.15) is 4.99 Å². The lowest BCUT2D eigenvalue weighted by Gasteiger charge is -2.29. The lowest BCUT2D eigenvalue weighted by atomic mass is 9.82. The monoisotopic (exact) mass is 649 g/mol. The highest BCUT2D eigenvalue weighted by atomic mass is 16.5. The van der Waals surface area contributed by atoms with E-state index in [1.807, 2.05) is 70.2 Å². The molecule has 0 bridgehead atoms. The Morgan fingerprint density at radius 3 is 2.21 bits per heavy atom. The van der Waals surface area contributed by atoms with Crippen LogP contribution in [0.5, 0.6) is 5.75 Å². The molecule has 1 aliphatic heterocycles. The third-order valence-electron chi connectivity index (χ3n) is 7.88. The van der Waals surface area contributed by atoms with Gasteiger partial charge in [0.05, 0.1) is 14.2 Å². The van der Waals surface area contributed by atoms with Gasteiger partial charge in [0.15, 0.2) is 0 Å². The largest absolute Gasteiger partial charge is 0.497 e. The molecule has 2 aromatic carbocycles. The molecule has 0 unspecified atom stereocenters. The van der Waals surface area contributed by atoms with Gasteiger partial charge in [0.1, 0.15) is 17.3 Å². The van der Waals surface area contributed by atoms with E-state index in [1.165, 1.54) is 7.11 Å². The number of nitrogens with zero attached hydrogens (tertiary/aromatic N) is 2. The van der Waals surface area contributed by atoms with Gasteiger partial charge in [-0.05, 0) is 60.8 Å². The molecule has 0 spiro atoms. The summed E-state index contributed by atoms with van der Waals surface area (Å²) in [4.78, 5) is 58.6. The number of benzene rings is 2. The molecule has 11 nitrogen and oxygen atoms in total. The van der Waals surface area contributed by atoms with Crippen LogP contribution >= 0.6 is 0 Å². The molecule has 3 N–H and O–H groups in total. The first kappa shape index (κ1) is 37.1. The summed E-state index contributed by atoms with van der Waals surface area (Å²) in [6, 6.07) is 15.7. The summed E-state index contributed by atoms with van der Waals surface area (Å²) < 4.78 is 9.96. The predicted molar refractivity (Wildman–Crippen MR) is 182 cm³/mol. The van der Waals surface area contributed by atoms with Crippen LogP contribution in [-0.4, -0.2) is 67.5 Å². The minimum absolute atomic E-state index is 0.154.